The molecule has 0 spiro atoms. The molecule has 0 aliphatic heterocycles. The third-order valence-electron chi connectivity index (χ3n) is 3.00. The molecule has 24 heavy (non-hydrogen) atoms. The van der Waals surface area contributed by atoms with Crippen LogP contribution in [0.15, 0.2) is 36.0 Å². The van der Waals surface area contributed by atoms with Gasteiger partial charge in [-0.2, -0.15) is 5.26 Å². The molecule has 0 fully saturated rings. The van der Waals surface area contributed by atoms with E-state index in [-0.39, 0.29) is 23.4 Å². The molecule has 8 nitrogen and oxygen atoms in total. The summed E-state index contributed by atoms with van der Waals surface area (Å²) in [6.07, 6.45) is 0.741. The lowest BCUT2D eigenvalue weighted by Crippen LogP contribution is -2.27. The van der Waals surface area contributed by atoms with Crippen LogP contribution in [0.5, 0.6) is 0 Å². The standard InChI is InChI=1S/C16H19N3O5/c1-22-14(23-2)10-18-9-11(8-17)15(20)19-13-7-5-4-6-12(13)16(21)24-3/h4-7,9,14,18H,10H2,1-3H3,(H,19,20)/b11-9-. The second-order valence-corrected chi connectivity index (χ2v) is 4.47. The summed E-state index contributed by atoms with van der Waals surface area (Å²) in [5.41, 5.74) is 0.278. The van der Waals surface area contributed by atoms with Gasteiger partial charge in [0.05, 0.1) is 24.9 Å². The zero-order valence-corrected chi connectivity index (χ0v) is 13.7. The summed E-state index contributed by atoms with van der Waals surface area (Å²) in [5.74, 6) is -1.25. The number of hydrogen-bond acceptors (Lipinski definition) is 7. The SMILES string of the molecule is COC(=O)c1ccccc1NC(=O)/C(C#N)=C\NCC(OC)OC. The Morgan fingerprint density at radius 1 is 1.25 bits per heavy atom. The molecule has 0 bridgehead atoms. The average molecular weight is 333 g/mol. The van der Waals surface area contributed by atoms with Crippen LogP contribution < -0.4 is 10.6 Å². The maximum Gasteiger partial charge on any atom is 0.339 e. The van der Waals surface area contributed by atoms with Crippen LogP contribution in [0.2, 0.25) is 0 Å². The van der Waals surface area contributed by atoms with Crippen LogP contribution in [0.4, 0.5) is 5.69 Å². The molecular formula is C16H19N3O5. The summed E-state index contributed by atoms with van der Waals surface area (Å²) in [4.78, 5) is 23.8. The van der Waals surface area contributed by atoms with Gasteiger partial charge in [-0.1, -0.05) is 12.1 Å². The topological polar surface area (TPSA) is 110 Å². The van der Waals surface area contributed by atoms with E-state index in [1.54, 1.807) is 24.3 Å². The van der Waals surface area contributed by atoms with Crippen LogP contribution in [0, 0.1) is 11.3 Å². The zero-order valence-electron chi connectivity index (χ0n) is 13.7. The molecule has 0 radical (unpaired) electrons. The van der Waals surface area contributed by atoms with Crippen LogP contribution >= 0.6 is 0 Å². The van der Waals surface area contributed by atoms with Crippen LogP contribution in [0.3, 0.4) is 0 Å². The molecule has 0 aliphatic carbocycles. The first kappa shape index (κ1) is 19.2. The van der Waals surface area contributed by atoms with Gasteiger partial charge in [0, 0.05) is 20.4 Å². The number of carbonyl (C=O) groups is 2. The molecule has 1 amide bonds. The van der Waals surface area contributed by atoms with Gasteiger partial charge in [-0.05, 0) is 12.1 Å². The molecule has 2 N–H and O–H groups in total. The van der Waals surface area contributed by atoms with Gasteiger partial charge in [0.25, 0.3) is 5.91 Å². The van der Waals surface area contributed by atoms with E-state index in [1.165, 1.54) is 33.6 Å². The molecule has 128 valence electrons. The number of anilines is 1. The Bertz CT molecular complexity index is 647. The fraction of sp³-hybridized carbons (Fsp3) is 0.312. The number of esters is 1. The summed E-state index contributed by atoms with van der Waals surface area (Å²) >= 11 is 0. The maximum atomic E-state index is 12.2. The van der Waals surface area contributed by atoms with Crippen LogP contribution in [-0.2, 0) is 19.0 Å². The Hall–Kier alpha value is -2.89. The van der Waals surface area contributed by atoms with Gasteiger partial charge in [-0.25, -0.2) is 4.79 Å². The number of nitrogens with one attached hydrogen (secondary N) is 2. The van der Waals surface area contributed by atoms with Crippen molar-refractivity contribution in [3.05, 3.63) is 41.6 Å². The number of methoxy groups -OCH3 is 3. The number of benzene rings is 1. The van der Waals surface area contributed by atoms with Crippen molar-refractivity contribution in [1.29, 1.82) is 5.26 Å². The number of ether oxygens (including phenoxy) is 3. The highest BCUT2D eigenvalue weighted by Crippen LogP contribution is 2.16. The summed E-state index contributed by atoms with van der Waals surface area (Å²) in [5, 5.41) is 14.4. The first-order valence-electron chi connectivity index (χ1n) is 6.95. The number of carbonyl (C=O) groups excluding carboxylic acids is 2. The molecule has 1 aromatic carbocycles. The molecule has 0 atom stereocenters. The Labute approximate surface area is 140 Å². The fourth-order valence-electron chi connectivity index (χ4n) is 1.74. The van der Waals surface area contributed by atoms with E-state index < -0.39 is 18.2 Å². The molecule has 0 unspecified atom stereocenters. The molecule has 1 aromatic rings. The monoisotopic (exact) mass is 333 g/mol. The zero-order chi connectivity index (χ0) is 17.9. The molecule has 0 heterocycles. The van der Waals surface area contributed by atoms with Crippen molar-refractivity contribution >= 4 is 17.6 Å². The van der Waals surface area contributed by atoms with Gasteiger partial charge in [0.15, 0.2) is 6.29 Å². The molecule has 1 rings (SSSR count). The second kappa shape index (κ2) is 9.99. The smallest absolute Gasteiger partial charge is 0.339 e. The predicted octanol–water partition coefficient (Wildman–Crippen LogP) is 1.03. The molecule has 0 aromatic heterocycles. The highest BCUT2D eigenvalue weighted by molar-refractivity contribution is 6.09. The lowest BCUT2D eigenvalue weighted by atomic mass is 10.1. The number of nitriles is 1. The number of para-hydroxylation sites is 1. The van der Waals surface area contributed by atoms with Gasteiger partial charge in [-0.3, -0.25) is 4.79 Å². The Morgan fingerprint density at radius 2 is 1.92 bits per heavy atom. The largest absolute Gasteiger partial charge is 0.465 e. The second-order valence-electron chi connectivity index (χ2n) is 4.47. The minimum Gasteiger partial charge on any atom is -0.465 e. The van der Waals surface area contributed by atoms with Crippen molar-refractivity contribution in [2.24, 2.45) is 0 Å². The highest BCUT2D eigenvalue weighted by atomic mass is 16.7. The fourth-order valence-corrected chi connectivity index (χ4v) is 1.74. The molecule has 0 saturated carbocycles. The molecule has 0 saturated heterocycles. The Morgan fingerprint density at radius 3 is 2.50 bits per heavy atom. The van der Waals surface area contributed by atoms with Crippen molar-refractivity contribution in [1.82, 2.24) is 5.32 Å². The van der Waals surface area contributed by atoms with Gasteiger partial charge in [0.1, 0.15) is 11.6 Å². The van der Waals surface area contributed by atoms with Gasteiger partial charge < -0.3 is 24.8 Å². The molecule has 8 heteroatoms. The van der Waals surface area contributed by atoms with Crippen molar-refractivity contribution in [3.63, 3.8) is 0 Å². The predicted molar refractivity (Wildman–Crippen MR) is 85.9 cm³/mol. The summed E-state index contributed by atoms with van der Waals surface area (Å²) in [7, 11) is 4.19. The lowest BCUT2D eigenvalue weighted by molar-refractivity contribution is -0.112. The Balaban J connectivity index is 2.82. The van der Waals surface area contributed by atoms with E-state index >= 15 is 0 Å². The van der Waals surface area contributed by atoms with E-state index in [9.17, 15) is 9.59 Å². The quantitative estimate of drug-likeness (QED) is 0.316. The highest BCUT2D eigenvalue weighted by Gasteiger charge is 2.15. The number of hydrogen-bond donors (Lipinski definition) is 2. The summed E-state index contributed by atoms with van der Waals surface area (Å²) in [6.45, 7) is 0.254. The van der Waals surface area contributed by atoms with Crippen molar-refractivity contribution < 1.29 is 23.8 Å². The van der Waals surface area contributed by atoms with Gasteiger partial charge >= 0.3 is 5.97 Å². The normalized spacial score (nSPS) is 10.9. The summed E-state index contributed by atoms with van der Waals surface area (Å²) < 4.78 is 14.6. The lowest BCUT2D eigenvalue weighted by Gasteiger charge is -2.13. The van der Waals surface area contributed by atoms with Gasteiger partial charge in [0.2, 0.25) is 0 Å². The van der Waals surface area contributed by atoms with Crippen LogP contribution in [0.1, 0.15) is 10.4 Å². The van der Waals surface area contributed by atoms with E-state index in [1.807, 2.05) is 0 Å². The number of amides is 1. The van der Waals surface area contributed by atoms with Crippen molar-refractivity contribution in [2.75, 3.05) is 33.2 Å². The van der Waals surface area contributed by atoms with Crippen molar-refractivity contribution in [3.8, 4) is 6.07 Å². The van der Waals surface area contributed by atoms with E-state index in [2.05, 4.69) is 15.4 Å². The Kier molecular flexibility index (Phi) is 7.98. The first-order valence-corrected chi connectivity index (χ1v) is 6.95. The number of rotatable bonds is 8. The average Bonchev–Trinajstić information content (AvgIpc) is 2.61. The number of nitrogens with zero attached hydrogens (tertiary/aromatic N) is 1. The van der Waals surface area contributed by atoms with Gasteiger partial charge in [-0.15, -0.1) is 0 Å². The molecular weight excluding hydrogens is 314 g/mol. The third-order valence-corrected chi connectivity index (χ3v) is 3.00. The maximum absolute atomic E-state index is 12.2. The van der Waals surface area contributed by atoms with Crippen LogP contribution in [-0.4, -0.2) is 46.0 Å². The third kappa shape index (κ3) is 5.39. The van der Waals surface area contributed by atoms with E-state index in [4.69, 9.17) is 14.7 Å². The molecule has 0 aliphatic rings. The van der Waals surface area contributed by atoms with E-state index in [0.29, 0.717) is 0 Å². The van der Waals surface area contributed by atoms with Crippen molar-refractivity contribution in [2.45, 2.75) is 6.29 Å². The minimum absolute atomic E-state index is 0.166. The van der Waals surface area contributed by atoms with E-state index in [0.717, 1.165) is 0 Å². The summed E-state index contributed by atoms with van der Waals surface area (Å²) in [6, 6.07) is 8.12. The minimum atomic E-state index is -0.660. The van der Waals surface area contributed by atoms with Crippen LogP contribution in [0.25, 0.3) is 0 Å². The first-order chi connectivity index (χ1) is 11.6.